The Hall–Kier alpha value is -1.29. The first kappa shape index (κ1) is 8.80. The number of aryl methyl sites for hydroxylation is 1. The maximum absolute atomic E-state index is 10.2. The van der Waals surface area contributed by atoms with Crippen molar-refractivity contribution in [3.8, 4) is 0 Å². The fourth-order valence-corrected chi connectivity index (χ4v) is 1.09. The molecule has 4 nitrogen and oxygen atoms in total. The highest BCUT2D eigenvalue weighted by Gasteiger charge is 2.13. The molecule has 1 atom stereocenters. The molecule has 0 radical (unpaired) electrons. The molecule has 2 N–H and O–H groups in total. The largest absolute Gasteiger partial charge is 0.481 e. The highest BCUT2D eigenvalue weighted by molar-refractivity contribution is 5.67. The summed E-state index contributed by atoms with van der Waals surface area (Å²) in [6.07, 6.45) is 0.598. The molecule has 0 bridgehead atoms. The highest BCUT2D eigenvalue weighted by Crippen LogP contribution is 2.15. The van der Waals surface area contributed by atoms with Gasteiger partial charge in [-0.25, -0.2) is 0 Å². The fraction of sp³-hybridized carbons (Fsp3) is 0.375. The van der Waals surface area contributed by atoms with Gasteiger partial charge < -0.3 is 14.8 Å². The van der Waals surface area contributed by atoms with Crippen LogP contribution in [0.4, 0.5) is 0 Å². The van der Waals surface area contributed by atoms with Crippen molar-refractivity contribution < 1.29 is 15.0 Å². The van der Waals surface area contributed by atoms with Crippen LogP contribution in [-0.4, -0.2) is 20.7 Å². The van der Waals surface area contributed by atoms with E-state index >= 15 is 0 Å². The van der Waals surface area contributed by atoms with E-state index in [1.165, 1.54) is 0 Å². The summed E-state index contributed by atoms with van der Waals surface area (Å²) in [5.74, 6) is -0.997. The summed E-state index contributed by atoms with van der Waals surface area (Å²) in [6.45, 7) is 0. The summed E-state index contributed by atoms with van der Waals surface area (Å²) in [5.41, 5.74) is 0.623. The molecule has 0 saturated heterocycles. The topological polar surface area (TPSA) is 62.5 Å². The zero-order valence-corrected chi connectivity index (χ0v) is 6.77. The Kier molecular flexibility index (Phi) is 2.50. The molecule has 0 amide bonds. The quantitative estimate of drug-likeness (QED) is 0.693. The lowest BCUT2D eigenvalue weighted by Gasteiger charge is -2.08. The number of rotatable bonds is 3. The second kappa shape index (κ2) is 3.40. The normalized spacial score (nSPS) is 12.8. The summed E-state index contributed by atoms with van der Waals surface area (Å²) in [4.78, 5) is 10.2. The van der Waals surface area contributed by atoms with E-state index in [1.54, 1.807) is 29.9 Å². The minimum atomic E-state index is -0.997. The first-order valence-electron chi connectivity index (χ1n) is 3.62. The molecule has 1 rings (SSSR count). The van der Waals surface area contributed by atoms with Crippen LogP contribution in [0, 0.1) is 0 Å². The lowest BCUT2D eigenvalue weighted by atomic mass is 10.2. The predicted octanol–water partition coefficient (Wildman–Crippen LogP) is 0.533. The molecule has 0 aliphatic carbocycles. The third-order valence-corrected chi connectivity index (χ3v) is 1.69. The molecular weight excluding hydrogens is 158 g/mol. The van der Waals surface area contributed by atoms with Crippen molar-refractivity contribution in [2.45, 2.75) is 12.5 Å². The fourth-order valence-electron chi connectivity index (χ4n) is 1.09. The average molecular weight is 169 g/mol. The van der Waals surface area contributed by atoms with Gasteiger partial charge >= 0.3 is 5.97 Å². The number of nitrogens with zero attached hydrogens (tertiary/aromatic N) is 1. The Morgan fingerprint density at radius 3 is 2.83 bits per heavy atom. The minimum Gasteiger partial charge on any atom is -0.481 e. The third-order valence-electron chi connectivity index (χ3n) is 1.69. The molecule has 1 aromatic rings. The van der Waals surface area contributed by atoms with Crippen LogP contribution < -0.4 is 0 Å². The summed E-state index contributed by atoms with van der Waals surface area (Å²) in [6, 6.07) is 3.47. The Balaban J connectivity index is 2.71. The average Bonchev–Trinajstić information content (AvgIpc) is 2.33. The van der Waals surface area contributed by atoms with Gasteiger partial charge in [0.2, 0.25) is 0 Å². The zero-order valence-electron chi connectivity index (χ0n) is 6.77. The van der Waals surface area contributed by atoms with Crippen molar-refractivity contribution in [1.29, 1.82) is 0 Å². The van der Waals surface area contributed by atoms with Crippen LogP contribution in [0.5, 0.6) is 0 Å². The van der Waals surface area contributed by atoms with Crippen molar-refractivity contribution in [3.05, 3.63) is 24.0 Å². The van der Waals surface area contributed by atoms with E-state index in [1.807, 2.05) is 0 Å². The van der Waals surface area contributed by atoms with Crippen LogP contribution in [0.3, 0.4) is 0 Å². The molecule has 0 fully saturated rings. The third kappa shape index (κ3) is 1.85. The van der Waals surface area contributed by atoms with Crippen LogP contribution in [0.2, 0.25) is 0 Å². The van der Waals surface area contributed by atoms with Crippen LogP contribution >= 0.6 is 0 Å². The molecule has 12 heavy (non-hydrogen) atoms. The maximum Gasteiger partial charge on any atom is 0.306 e. The van der Waals surface area contributed by atoms with E-state index in [-0.39, 0.29) is 6.42 Å². The van der Waals surface area contributed by atoms with Crippen LogP contribution in [-0.2, 0) is 11.8 Å². The van der Waals surface area contributed by atoms with Gasteiger partial charge in [0.15, 0.2) is 0 Å². The molecule has 0 unspecified atom stereocenters. The number of hydrogen-bond acceptors (Lipinski definition) is 2. The van der Waals surface area contributed by atoms with E-state index in [2.05, 4.69) is 0 Å². The predicted molar refractivity (Wildman–Crippen MR) is 42.6 cm³/mol. The number of carboxylic acids is 1. The smallest absolute Gasteiger partial charge is 0.306 e. The number of aliphatic hydroxyl groups is 1. The maximum atomic E-state index is 10.2. The zero-order chi connectivity index (χ0) is 9.14. The SMILES string of the molecule is Cn1cccc1[C@@H](O)CC(=O)O. The Morgan fingerprint density at radius 1 is 1.75 bits per heavy atom. The van der Waals surface area contributed by atoms with Crippen LogP contribution in [0.15, 0.2) is 18.3 Å². The Bertz CT molecular complexity index is 280. The molecule has 0 saturated carbocycles. The van der Waals surface area contributed by atoms with Gasteiger partial charge in [-0.3, -0.25) is 4.79 Å². The summed E-state index contributed by atoms with van der Waals surface area (Å²) < 4.78 is 1.70. The van der Waals surface area contributed by atoms with E-state index in [4.69, 9.17) is 5.11 Å². The molecule has 0 aliphatic heterocycles. The number of carboxylic acid groups (broad SMARTS) is 1. The van der Waals surface area contributed by atoms with Gasteiger partial charge in [-0.1, -0.05) is 0 Å². The number of aliphatic carboxylic acids is 1. The summed E-state index contributed by atoms with van der Waals surface area (Å²) in [7, 11) is 1.76. The van der Waals surface area contributed by atoms with Gasteiger partial charge in [-0.15, -0.1) is 0 Å². The van der Waals surface area contributed by atoms with Crippen molar-refractivity contribution >= 4 is 5.97 Å². The summed E-state index contributed by atoms with van der Waals surface area (Å²) in [5, 5.41) is 17.8. The second-order valence-electron chi connectivity index (χ2n) is 2.66. The van der Waals surface area contributed by atoms with E-state index in [0.29, 0.717) is 5.69 Å². The Labute approximate surface area is 70.1 Å². The van der Waals surface area contributed by atoms with Crippen molar-refractivity contribution in [3.63, 3.8) is 0 Å². The van der Waals surface area contributed by atoms with Gasteiger partial charge in [0.05, 0.1) is 6.42 Å². The lowest BCUT2D eigenvalue weighted by Crippen LogP contribution is -2.08. The lowest BCUT2D eigenvalue weighted by molar-refractivity contribution is -0.139. The monoisotopic (exact) mass is 169 g/mol. The first-order chi connectivity index (χ1) is 5.61. The molecular formula is C8H11NO3. The van der Waals surface area contributed by atoms with Crippen molar-refractivity contribution in [2.24, 2.45) is 7.05 Å². The first-order valence-corrected chi connectivity index (χ1v) is 3.62. The highest BCUT2D eigenvalue weighted by atomic mass is 16.4. The number of aliphatic hydroxyl groups excluding tert-OH is 1. The van der Waals surface area contributed by atoms with Crippen molar-refractivity contribution in [2.75, 3.05) is 0 Å². The second-order valence-corrected chi connectivity index (χ2v) is 2.66. The molecule has 0 spiro atoms. The molecule has 0 aromatic carbocycles. The molecule has 66 valence electrons. The number of hydrogen-bond donors (Lipinski definition) is 2. The van der Waals surface area contributed by atoms with Gasteiger partial charge in [0.1, 0.15) is 6.10 Å². The molecule has 1 aromatic heterocycles. The number of aromatic nitrogens is 1. The van der Waals surface area contributed by atoms with Gasteiger partial charge in [-0.2, -0.15) is 0 Å². The van der Waals surface area contributed by atoms with Gasteiger partial charge in [0.25, 0.3) is 0 Å². The van der Waals surface area contributed by atoms with E-state index < -0.39 is 12.1 Å². The number of carbonyl (C=O) groups is 1. The minimum absolute atomic E-state index is 0.252. The molecule has 0 aliphatic rings. The van der Waals surface area contributed by atoms with E-state index in [9.17, 15) is 9.90 Å². The van der Waals surface area contributed by atoms with Crippen LogP contribution in [0.25, 0.3) is 0 Å². The van der Waals surface area contributed by atoms with Gasteiger partial charge in [-0.05, 0) is 12.1 Å². The van der Waals surface area contributed by atoms with Gasteiger partial charge in [0, 0.05) is 18.9 Å². The van der Waals surface area contributed by atoms with Crippen molar-refractivity contribution in [1.82, 2.24) is 4.57 Å². The summed E-state index contributed by atoms with van der Waals surface area (Å²) >= 11 is 0. The van der Waals surface area contributed by atoms with Crippen LogP contribution in [0.1, 0.15) is 18.2 Å². The standard InChI is InChI=1S/C8H11NO3/c1-9-4-2-3-6(9)7(10)5-8(11)12/h2-4,7,10H,5H2,1H3,(H,11,12)/t7-/m0/s1. The Morgan fingerprint density at radius 2 is 2.42 bits per heavy atom. The molecule has 1 heterocycles. The van der Waals surface area contributed by atoms with E-state index in [0.717, 1.165) is 0 Å². The molecule has 4 heteroatoms.